The first-order valence-electron chi connectivity index (χ1n) is 6.95. The van der Waals surface area contributed by atoms with Gasteiger partial charge in [0, 0.05) is 23.1 Å². The zero-order chi connectivity index (χ0) is 14.8. The van der Waals surface area contributed by atoms with Crippen LogP contribution in [-0.4, -0.2) is 44.0 Å². The summed E-state index contributed by atoms with van der Waals surface area (Å²) < 4.78 is 3.41. The van der Waals surface area contributed by atoms with E-state index in [0.29, 0.717) is 11.4 Å². The molecule has 1 aromatic heterocycles. The topological polar surface area (TPSA) is 57.1 Å². The molecule has 5 nitrogen and oxygen atoms in total. The smallest absolute Gasteiger partial charge is 0.217 e. The number of likely N-dealkylation sites (tertiary alicyclic amines) is 1. The lowest BCUT2D eigenvalue weighted by Gasteiger charge is -2.29. The van der Waals surface area contributed by atoms with Gasteiger partial charge in [-0.1, -0.05) is 34.1 Å². The average molecular weight is 369 g/mol. The highest BCUT2D eigenvalue weighted by Gasteiger charge is 2.18. The fourth-order valence-corrected chi connectivity index (χ4v) is 3.15. The van der Waals surface area contributed by atoms with E-state index >= 15 is 0 Å². The maximum Gasteiger partial charge on any atom is 0.217 e. The van der Waals surface area contributed by atoms with Gasteiger partial charge in [0.25, 0.3) is 0 Å². The molecule has 0 bridgehead atoms. The molecule has 0 amide bonds. The summed E-state index contributed by atoms with van der Waals surface area (Å²) in [6.07, 6.45) is 1.48. The van der Waals surface area contributed by atoms with Crippen LogP contribution < -0.4 is 0 Å². The van der Waals surface area contributed by atoms with Gasteiger partial charge in [0.05, 0.1) is 12.8 Å². The standard InChI is InChI=1S/C14H17BrN4OS/c15-12-4-2-1-3-11(12)13-16-14(21)19(17-13)9-18-7-5-10(20)6-8-18/h1-4,10,20H,5-9H2,(H,16,17,21). The van der Waals surface area contributed by atoms with Crippen LogP contribution in [0.15, 0.2) is 28.7 Å². The number of aromatic nitrogens is 3. The minimum atomic E-state index is -0.160. The highest BCUT2D eigenvalue weighted by Crippen LogP contribution is 2.25. The summed E-state index contributed by atoms with van der Waals surface area (Å²) in [6.45, 7) is 2.45. The van der Waals surface area contributed by atoms with Crippen LogP contribution in [0.2, 0.25) is 0 Å². The minimum Gasteiger partial charge on any atom is -0.393 e. The van der Waals surface area contributed by atoms with Crippen molar-refractivity contribution in [2.45, 2.75) is 25.6 Å². The molecule has 0 saturated carbocycles. The number of benzene rings is 1. The summed E-state index contributed by atoms with van der Waals surface area (Å²) in [5.74, 6) is 0.768. The highest BCUT2D eigenvalue weighted by atomic mass is 79.9. The summed E-state index contributed by atoms with van der Waals surface area (Å²) in [5.41, 5.74) is 0.997. The van der Waals surface area contributed by atoms with Crippen LogP contribution >= 0.6 is 28.1 Å². The van der Waals surface area contributed by atoms with Crippen LogP contribution in [0.5, 0.6) is 0 Å². The van der Waals surface area contributed by atoms with Crippen LogP contribution in [0.3, 0.4) is 0 Å². The zero-order valence-corrected chi connectivity index (χ0v) is 13.9. The van der Waals surface area contributed by atoms with Crippen molar-refractivity contribution in [2.75, 3.05) is 13.1 Å². The molecule has 0 radical (unpaired) electrons. The lowest BCUT2D eigenvalue weighted by atomic mass is 10.1. The normalized spacial score (nSPS) is 17.2. The second-order valence-electron chi connectivity index (χ2n) is 5.25. The van der Waals surface area contributed by atoms with E-state index in [1.165, 1.54) is 0 Å². The Morgan fingerprint density at radius 2 is 2.05 bits per heavy atom. The van der Waals surface area contributed by atoms with E-state index in [2.05, 4.69) is 30.9 Å². The van der Waals surface area contributed by atoms with Crippen molar-refractivity contribution in [1.82, 2.24) is 19.7 Å². The number of halogens is 1. The number of H-pyrrole nitrogens is 1. The van der Waals surface area contributed by atoms with Crippen molar-refractivity contribution in [1.29, 1.82) is 0 Å². The molecule has 0 spiro atoms. The molecule has 3 rings (SSSR count). The van der Waals surface area contributed by atoms with Crippen molar-refractivity contribution in [3.8, 4) is 11.4 Å². The molecular formula is C14H17BrN4OS. The molecule has 1 saturated heterocycles. The number of rotatable bonds is 3. The SMILES string of the molecule is OC1CCN(Cn2[nH]c(-c3ccccc3Br)nc2=S)CC1. The van der Waals surface area contributed by atoms with Gasteiger partial charge < -0.3 is 5.11 Å². The second-order valence-corrected chi connectivity index (χ2v) is 6.47. The van der Waals surface area contributed by atoms with Crippen molar-refractivity contribution in [2.24, 2.45) is 0 Å². The largest absolute Gasteiger partial charge is 0.393 e. The van der Waals surface area contributed by atoms with Crippen LogP contribution in [0, 0.1) is 4.77 Å². The highest BCUT2D eigenvalue weighted by molar-refractivity contribution is 9.10. The molecule has 1 aromatic carbocycles. The Morgan fingerprint density at radius 3 is 2.76 bits per heavy atom. The number of aliphatic hydroxyl groups is 1. The maximum absolute atomic E-state index is 9.55. The number of hydrogen-bond acceptors (Lipinski definition) is 4. The third-order valence-corrected chi connectivity index (χ3v) is 4.71. The summed E-state index contributed by atoms with van der Waals surface area (Å²) in [7, 11) is 0. The molecule has 0 atom stereocenters. The molecule has 1 aliphatic heterocycles. The van der Waals surface area contributed by atoms with Gasteiger partial charge in [-0.3, -0.25) is 10.00 Å². The lowest BCUT2D eigenvalue weighted by Crippen LogP contribution is -2.37. The Bertz CT molecular complexity index is 676. The quantitative estimate of drug-likeness (QED) is 0.817. The first kappa shape index (κ1) is 14.9. The van der Waals surface area contributed by atoms with Crippen LogP contribution in [0.1, 0.15) is 12.8 Å². The fourth-order valence-electron chi connectivity index (χ4n) is 2.49. The molecule has 7 heteroatoms. The molecule has 2 N–H and O–H groups in total. The third-order valence-electron chi connectivity index (χ3n) is 3.71. The number of nitrogens with zero attached hydrogens (tertiary/aromatic N) is 3. The molecule has 2 heterocycles. The lowest BCUT2D eigenvalue weighted by molar-refractivity contribution is 0.0651. The zero-order valence-electron chi connectivity index (χ0n) is 11.5. The monoisotopic (exact) mass is 368 g/mol. The van der Waals surface area contributed by atoms with Crippen molar-refractivity contribution < 1.29 is 5.11 Å². The fraction of sp³-hybridized carbons (Fsp3) is 0.429. The predicted molar refractivity (Wildman–Crippen MR) is 87.4 cm³/mol. The molecule has 112 valence electrons. The van der Waals surface area contributed by atoms with Gasteiger partial charge in [0.2, 0.25) is 4.77 Å². The van der Waals surface area contributed by atoms with Gasteiger partial charge in [-0.25, -0.2) is 4.68 Å². The molecule has 0 aliphatic carbocycles. The van der Waals surface area contributed by atoms with E-state index in [1.54, 1.807) is 0 Å². The first-order valence-corrected chi connectivity index (χ1v) is 8.16. The van der Waals surface area contributed by atoms with Gasteiger partial charge in [0.1, 0.15) is 0 Å². The number of nitrogens with one attached hydrogen (secondary N) is 1. The second kappa shape index (κ2) is 6.39. The molecule has 21 heavy (non-hydrogen) atoms. The average Bonchev–Trinajstić information content (AvgIpc) is 2.83. The van der Waals surface area contributed by atoms with E-state index in [9.17, 15) is 5.11 Å². The Labute approximate surface area is 136 Å². The summed E-state index contributed by atoms with van der Waals surface area (Å²) in [6, 6.07) is 7.93. The van der Waals surface area contributed by atoms with Gasteiger partial charge in [-0.2, -0.15) is 4.98 Å². The molecule has 1 aliphatic rings. The Balaban J connectivity index is 1.79. The van der Waals surface area contributed by atoms with E-state index in [0.717, 1.165) is 41.8 Å². The van der Waals surface area contributed by atoms with Gasteiger partial charge in [-0.15, -0.1) is 0 Å². The molecule has 1 fully saturated rings. The molecule has 2 aromatic rings. The summed E-state index contributed by atoms with van der Waals surface area (Å²) >= 11 is 8.87. The van der Waals surface area contributed by atoms with Crippen molar-refractivity contribution >= 4 is 28.1 Å². The van der Waals surface area contributed by atoms with E-state index in [-0.39, 0.29) is 6.10 Å². The Hall–Kier alpha value is -1.02. The van der Waals surface area contributed by atoms with Crippen LogP contribution in [0.4, 0.5) is 0 Å². The van der Waals surface area contributed by atoms with E-state index < -0.39 is 0 Å². The van der Waals surface area contributed by atoms with Crippen molar-refractivity contribution in [3.63, 3.8) is 0 Å². The molecule has 0 unspecified atom stereocenters. The van der Waals surface area contributed by atoms with Gasteiger partial charge in [-0.05, 0) is 31.1 Å². The van der Waals surface area contributed by atoms with E-state index in [1.807, 2.05) is 28.9 Å². The molecular weight excluding hydrogens is 352 g/mol. The number of hydrogen-bond donors (Lipinski definition) is 2. The minimum absolute atomic E-state index is 0.160. The Kier molecular flexibility index (Phi) is 4.54. The van der Waals surface area contributed by atoms with Crippen molar-refractivity contribution in [3.05, 3.63) is 33.5 Å². The number of piperidine rings is 1. The van der Waals surface area contributed by atoms with Gasteiger partial charge in [0.15, 0.2) is 5.82 Å². The maximum atomic E-state index is 9.55. The van der Waals surface area contributed by atoms with Crippen LogP contribution in [0.25, 0.3) is 11.4 Å². The number of aromatic amines is 1. The van der Waals surface area contributed by atoms with Crippen LogP contribution in [-0.2, 0) is 6.67 Å². The van der Waals surface area contributed by atoms with E-state index in [4.69, 9.17) is 12.2 Å². The predicted octanol–water partition coefficient (Wildman–Crippen LogP) is 2.78. The first-order chi connectivity index (χ1) is 10.1. The summed E-state index contributed by atoms with van der Waals surface area (Å²) in [5, 5.41) is 12.8. The Morgan fingerprint density at radius 1 is 1.33 bits per heavy atom. The van der Waals surface area contributed by atoms with Gasteiger partial charge >= 0.3 is 0 Å². The third kappa shape index (κ3) is 3.42. The number of aliphatic hydroxyl groups excluding tert-OH is 1. The summed E-state index contributed by atoms with van der Waals surface area (Å²) in [4.78, 5) is 6.71.